The van der Waals surface area contributed by atoms with E-state index in [1.54, 1.807) is 18.0 Å². The first-order valence-corrected chi connectivity index (χ1v) is 7.69. The number of amides is 1. The van der Waals surface area contributed by atoms with Gasteiger partial charge in [0.2, 0.25) is 0 Å². The van der Waals surface area contributed by atoms with Crippen LogP contribution in [0.15, 0.2) is 18.3 Å². The van der Waals surface area contributed by atoms with Crippen LogP contribution in [0.5, 0.6) is 0 Å². The summed E-state index contributed by atoms with van der Waals surface area (Å²) in [6, 6.07) is 3.80. The van der Waals surface area contributed by atoms with Gasteiger partial charge in [-0.25, -0.2) is 4.98 Å². The Kier molecular flexibility index (Phi) is 5.17. The number of aliphatic hydroxyl groups excluding tert-OH is 1. The summed E-state index contributed by atoms with van der Waals surface area (Å²) in [6.07, 6.45) is 3.52. The van der Waals surface area contributed by atoms with Gasteiger partial charge in [0.05, 0.1) is 11.7 Å². The minimum absolute atomic E-state index is 0.0466. The summed E-state index contributed by atoms with van der Waals surface area (Å²) in [4.78, 5) is 20.9. The predicted molar refractivity (Wildman–Crippen MR) is 83.5 cm³/mol. The maximum Gasteiger partial charge on any atom is 0.255 e. The molecule has 1 fully saturated rings. The molecule has 1 aliphatic rings. The molecule has 1 aromatic heterocycles. The van der Waals surface area contributed by atoms with E-state index in [2.05, 4.69) is 9.88 Å². The lowest BCUT2D eigenvalue weighted by atomic mass is 10.2. The van der Waals surface area contributed by atoms with Crippen molar-refractivity contribution >= 4 is 11.7 Å². The fraction of sp³-hybridized carbons (Fsp3) is 0.625. The number of hydrogen-bond acceptors (Lipinski definition) is 4. The Labute approximate surface area is 126 Å². The van der Waals surface area contributed by atoms with Gasteiger partial charge in [0.1, 0.15) is 5.82 Å². The van der Waals surface area contributed by atoms with E-state index in [4.69, 9.17) is 0 Å². The topological polar surface area (TPSA) is 56.7 Å². The first-order chi connectivity index (χ1) is 9.99. The monoisotopic (exact) mass is 291 g/mol. The molecule has 5 heteroatoms. The van der Waals surface area contributed by atoms with Crippen LogP contribution in [0.3, 0.4) is 0 Å². The normalized spacial score (nSPS) is 16.3. The van der Waals surface area contributed by atoms with E-state index in [0.29, 0.717) is 12.1 Å². The Bertz CT molecular complexity index is 465. The standard InChI is InChI=1S/C16H25N3O2/c1-12(2)19(11-13(3)20)16(21)14-6-7-15(17-10-14)18-8-4-5-9-18/h6-7,10,12-13,20H,4-5,8-9,11H2,1-3H3. The van der Waals surface area contributed by atoms with Crippen LogP contribution < -0.4 is 4.90 Å². The molecular weight excluding hydrogens is 266 g/mol. The zero-order chi connectivity index (χ0) is 15.4. The highest BCUT2D eigenvalue weighted by Gasteiger charge is 2.21. The molecule has 5 nitrogen and oxygen atoms in total. The largest absolute Gasteiger partial charge is 0.392 e. The lowest BCUT2D eigenvalue weighted by Gasteiger charge is -2.28. The second-order valence-electron chi connectivity index (χ2n) is 6.00. The second kappa shape index (κ2) is 6.89. The fourth-order valence-electron chi connectivity index (χ4n) is 2.62. The SMILES string of the molecule is CC(O)CN(C(=O)c1ccc(N2CCCC2)nc1)C(C)C. The number of nitrogens with zero attached hydrogens (tertiary/aromatic N) is 3. The maximum absolute atomic E-state index is 12.5. The minimum atomic E-state index is -0.534. The molecule has 2 rings (SSSR count). The van der Waals surface area contributed by atoms with Gasteiger partial charge in [-0.1, -0.05) is 0 Å². The Morgan fingerprint density at radius 1 is 1.33 bits per heavy atom. The molecule has 116 valence electrons. The summed E-state index contributed by atoms with van der Waals surface area (Å²) >= 11 is 0. The van der Waals surface area contributed by atoms with Crippen molar-refractivity contribution in [2.75, 3.05) is 24.5 Å². The molecule has 0 aromatic carbocycles. The number of anilines is 1. The predicted octanol–water partition coefficient (Wildman–Crippen LogP) is 1.91. The van der Waals surface area contributed by atoms with Gasteiger partial charge < -0.3 is 14.9 Å². The summed E-state index contributed by atoms with van der Waals surface area (Å²) in [5.41, 5.74) is 0.576. The van der Waals surface area contributed by atoms with Crippen molar-refractivity contribution < 1.29 is 9.90 Å². The van der Waals surface area contributed by atoms with E-state index >= 15 is 0 Å². The maximum atomic E-state index is 12.5. The van der Waals surface area contributed by atoms with Crippen molar-refractivity contribution in [3.63, 3.8) is 0 Å². The average molecular weight is 291 g/mol. The third kappa shape index (κ3) is 3.94. The lowest BCUT2D eigenvalue weighted by molar-refractivity contribution is 0.0578. The molecule has 21 heavy (non-hydrogen) atoms. The van der Waals surface area contributed by atoms with Gasteiger partial charge in [-0.15, -0.1) is 0 Å². The van der Waals surface area contributed by atoms with Crippen molar-refractivity contribution in [2.24, 2.45) is 0 Å². The van der Waals surface area contributed by atoms with Gasteiger partial charge in [-0.05, 0) is 45.7 Å². The molecule has 0 saturated carbocycles. The first-order valence-electron chi connectivity index (χ1n) is 7.69. The first kappa shape index (κ1) is 15.8. The second-order valence-corrected chi connectivity index (χ2v) is 6.00. The van der Waals surface area contributed by atoms with Gasteiger partial charge in [-0.2, -0.15) is 0 Å². The summed E-state index contributed by atoms with van der Waals surface area (Å²) in [5.74, 6) is 0.863. The van der Waals surface area contributed by atoms with Crippen LogP contribution in [-0.4, -0.2) is 52.7 Å². The smallest absolute Gasteiger partial charge is 0.255 e. The van der Waals surface area contributed by atoms with Crippen molar-refractivity contribution in [3.8, 4) is 0 Å². The molecular formula is C16H25N3O2. The molecule has 1 N–H and O–H groups in total. The number of carbonyl (C=O) groups excluding carboxylic acids is 1. The highest BCUT2D eigenvalue weighted by molar-refractivity contribution is 5.94. The van der Waals surface area contributed by atoms with Crippen LogP contribution in [0.1, 0.15) is 44.0 Å². The Hall–Kier alpha value is -1.62. The summed E-state index contributed by atoms with van der Waals surface area (Å²) < 4.78 is 0. The molecule has 2 heterocycles. The van der Waals surface area contributed by atoms with E-state index in [1.807, 2.05) is 26.0 Å². The zero-order valence-electron chi connectivity index (χ0n) is 13.1. The van der Waals surface area contributed by atoms with Crippen LogP contribution in [-0.2, 0) is 0 Å². The number of hydrogen-bond donors (Lipinski definition) is 1. The lowest BCUT2D eigenvalue weighted by Crippen LogP contribution is -2.41. The van der Waals surface area contributed by atoms with Crippen LogP contribution in [0.25, 0.3) is 0 Å². The molecule has 0 spiro atoms. The van der Waals surface area contributed by atoms with Crippen LogP contribution >= 0.6 is 0 Å². The fourth-order valence-corrected chi connectivity index (χ4v) is 2.62. The highest BCUT2D eigenvalue weighted by Crippen LogP contribution is 2.18. The van der Waals surface area contributed by atoms with Gasteiger partial charge >= 0.3 is 0 Å². The molecule has 0 aliphatic carbocycles. The Morgan fingerprint density at radius 3 is 2.48 bits per heavy atom. The minimum Gasteiger partial charge on any atom is -0.392 e. The zero-order valence-corrected chi connectivity index (χ0v) is 13.1. The summed E-state index contributed by atoms with van der Waals surface area (Å²) in [6.45, 7) is 8.02. The van der Waals surface area contributed by atoms with Gasteiger partial charge in [-0.3, -0.25) is 4.79 Å². The van der Waals surface area contributed by atoms with Gasteiger partial charge in [0.15, 0.2) is 0 Å². The van der Waals surface area contributed by atoms with Gasteiger partial charge in [0.25, 0.3) is 5.91 Å². The Balaban J connectivity index is 2.10. The van der Waals surface area contributed by atoms with Crippen molar-refractivity contribution in [1.29, 1.82) is 0 Å². The van der Waals surface area contributed by atoms with E-state index < -0.39 is 6.10 Å². The van der Waals surface area contributed by atoms with E-state index in [1.165, 1.54) is 12.8 Å². The van der Waals surface area contributed by atoms with E-state index in [-0.39, 0.29) is 11.9 Å². The molecule has 1 saturated heterocycles. The third-order valence-corrected chi connectivity index (χ3v) is 3.77. The molecule has 0 radical (unpaired) electrons. The van der Waals surface area contributed by atoms with Gasteiger partial charge in [0, 0.05) is 31.9 Å². The van der Waals surface area contributed by atoms with Crippen LogP contribution in [0, 0.1) is 0 Å². The summed E-state index contributed by atoms with van der Waals surface area (Å²) in [7, 11) is 0. The molecule has 1 atom stereocenters. The van der Waals surface area contributed by atoms with E-state index in [0.717, 1.165) is 18.9 Å². The molecule has 0 bridgehead atoms. The highest BCUT2D eigenvalue weighted by atomic mass is 16.3. The molecule has 1 unspecified atom stereocenters. The summed E-state index contributed by atoms with van der Waals surface area (Å²) in [5, 5.41) is 9.54. The molecule has 1 amide bonds. The number of aromatic nitrogens is 1. The van der Waals surface area contributed by atoms with E-state index in [9.17, 15) is 9.90 Å². The van der Waals surface area contributed by atoms with Crippen molar-refractivity contribution in [2.45, 2.75) is 45.8 Å². The number of rotatable bonds is 5. The third-order valence-electron chi connectivity index (χ3n) is 3.77. The molecule has 1 aliphatic heterocycles. The van der Waals surface area contributed by atoms with Crippen molar-refractivity contribution in [1.82, 2.24) is 9.88 Å². The quantitative estimate of drug-likeness (QED) is 0.900. The molecule has 1 aromatic rings. The van der Waals surface area contributed by atoms with Crippen LogP contribution in [0.4, 0.5) is 5.82 Å². The average Bonchev–Trinajstić information content (AvgIpc) is 2.98. The van der Waals surface area contributed by atoms with Crippen LogP contribution in [0.2, 0.25) is 0 Å². The van der Waals surface area contributed by atoms with Crippen molar-refractivity contribution in [3.05, 3.63) is 23.9 Å². The number of aliphatic hydroxyl groups is 1. The number of carbonyl (C=O) groups is 1. The number of pyridine rings is 1. The Morgan fingerprint density at radius 2 is 2.00 bits per heavy atom.